The molecular formula is C11H11N5O3. The third-order valence-electron chi connectivity index (χ3n) is 2.34. The summed E-state index contributed by atoms with van der Waals surface area (Å²) in [5.74, 6) is -0.993. The van der Waals surface area contributed by atoms with E-state index in [-0.39, 0.29) is 17.2 Å². The first-order valence-corrected chi connectivity index (χ1v) is 5.33. The van der Waals surface area contributed by atoms with Gasteiger partial charge in [0, 0.05) is 20.3 Å². The molecule has 0 saturated heterocycles. The molecule has 1 amide bonds. The van der Waals surface area contributed by atoms with Crippen molar-refractivity contribution in [2.45, 2.75) is 0 Å². The zero-order valence-corrected chi connectivity index (χ0v) is 10.3. The fourth-order valence-electron chi connectivity index (χ4n) is 1.35. The molecule has 0 atom stereocenters. The minimum atomic E-state index is -1.07. The Bertz CT molecular complexity index is 618. The number of aromatic nitrogens is 4. The van der Waals surface area contributed by atoms with Crippen LogP contribution in [-0.4, -0.2) is 56.0 Å². The fourth-order valence-corrected chi connectivity index (χ4v) is 1.35. The summed E-state index contributed by atoms with van der Waals surface area (Å²) in [5, 5.41) is 20.3. The average molecular weight is 261 g/mol. The Hall–Kier alpha value is -2.77. The van der Waals surface area contributed by atoms with Crippen molar-refractivity contribution in [3.05, 3.63) is 35.8 Å². The van der Waals surface area contributed by atoms with Crippen LogP contribution in [-0.2, 0) is 0 Å². The monoisotopic (exact) mass is 261 g/mol. The molecule has 2 aromatic rings. The molecule has 0 aromatic carbocycles. The number of amides is 1. The summed E-state index contributed by atoms with van der Waals surface area (Å²) in [7, 11) is 3.23. The molecular weight excluding hydrogens is 250 g/mol. The van der Waals surface area contributed by atoms with Gasteiger partial charge in [-0.05, 0) is 12.1 Å². The minimum absolute atomic E-state index is 0.0512. The Morgan fingerprint density at radius 3 is 2.47 bits per heavy atom. The van der Waals surface area contributed by atoms with Crippen LogP contribution in [0, 0.1) is 0 Å². The van der Waals surface area contributed by atoms with Crippen LogP contribution in [0.15, 0.2) is 24.5 Å². The molecule has 2 aromatic heterocycles. The topological polar surface area (TPSA) is 101 Å². The molecule has 2 heterocycles. The number of nitrogens with zero attached hydrogens (tertiary/aromatic N) is 5. The molecule has 0 radical (unpaired) electrons. The van der Waals surface area contributed by atoms with Crippen molar-refractivity contribution < 1.29 is 14.7 Å². The lowest BCUT2D eigenvalue weighted by atomic mass is 10.3. The second-order valence-electron chi connectivity index (χ2n) is 3.96. The summed E-state index contributed by atoms with van der Waals surface area (Å²) < 4.78 is 1.28. The van der Waals surface area contributed by atoms with Crippen molar-refractivity contribution in [3.63, 3.8) is 0 Å². The largest absolute Gasteiger partial charge is 0.478 e. The summed E-state index contributed by atoms with van der Waals surface area (Å²) in [4.78, 5) is 23.7. The van der Waals surface area contributed by atoms with Crippen LogP contribution in [0.3, 0.4) is 0 Å². The van der Waals surface area contributed by atoms with E-state index < -0.39 is 5.97 Å². The standard InChI is InChI=1S/C11H11N5O3/c1-15(2)10(17)8-3-4-9(14-13-8)16-6-7(5-12-16)11(18)19/h3-6H,1-2H3,(H,18,19). The van der Waals surface area contributed by atoms with Gasteiger partial charge in [-0.15, -0.1) is 10.2 Å². The van der Waals surface area contributed by atoms with Gasteiger partial charge in [0.15, 0.2) is 11.5 Å². The predicted octanol–water partition coefficient (Wildman–Crippen LogP) is 0.0623. The van der Waals surface area contributed by atoms with Gasteiger partial charge in [0.2, 0.25) is 0 Å². The lowest BCUT2D eigenvalue weighted by molar-refractivity contribution is 0.0696. The van der Waals surface area contributed by atoms with E-state index >= 15 is 0 Å². The van der Waals surface area contributed by atoms with E-state index in [1.807, 2.05) is 0 Å². The average Bonchev–Trinajstić information content (AvgIpc) is 2.87. The van der Waals surface area contributed by atoms with Crippen molar-refractivity contribution in [1.82, 2.24) is 24.9 Å². The zero-order chi connectivity index (χ0) is 14.0. The molecule has 8 heteroatoms. The summed E-state index contributed by atoms with van der Waals surface area (Å²) in [6.07, 6.45) is 2.53. The van der Waals surface area contributed by atoms with Crippen LogP contribution in [0.5, 0.6) is 0 Å². The maximum Gasteiger partial charge on any atom is 0.338 e. The van der Waals surface area contributed by atoms with Crippen LogP contribution in [0.4, 0.5) is 0 Å². The van der Waals surface area contributed by atoms with Gasteiger partial charge in [-0.3, -0.25) is 4.79 Å². The Balaban J connectivity index is 2.27. The Morgan fingerprint density at radius 1 is 1.26 bits per heavy atom. The molecule has 98 valence electrons. The first kappa shape index (κ1) is 12.7. The normalized spacial score (nSPS) is 10.2. The summed E-state index contributed by atoms with van der Waals surface area (Å²) >= 11 is 0. The first-order chi connectivity index (χ1) is 8.99. The van der Waals surface area contributed by atoms with Gasteiger partial charge in [-0.1, -0.05) is 0 Å². The highest BCUT2D eigenvalue weighted by Crippen LogP contribution is 2.06. The molecule has 0 saturated carbocycles. The number of carbonyl (C=O) groups excluding carboxylic acids is 1. The molecule has 0 aliphatic carbocycles. The van der Waals surface area contributed by atoms with Gasteiger partial charge in [-0.25, -0.2) is 9.48 Å². The highest BCUT2D eigenvalue weighted by atomic mass is 16.4. The van der Waals surface area contributed by atoms with Crippen molar-refractivity contribution in [2.75, 3.05) is 14.1 Å². The first-order valence-electron chi connectivity index (χ1n) is 5.33. The molecule has 0 spiro atoms. The van der Waals surface area contributed by atoms with E-state index in [9.17, 15) is 9.59 Å². The Labute approximate surface area is 108 Å². The number of hydrogen-bond donors (Lipinski definition) is 1. The van der Waals surface area contributed by atoms with Crippen molar-refractivity contribution in [3.8, 4) is 5.82 Å². The van der Waals surface area contributed by atoms with Gasteiger partial charge in [-0.2, -0.15) is 5.10 Å². The number of carboxylic acids is 1. The van der Waals surface area contributed by atoms with E-state index in [4.69, 9.17) is 5.11 Å². The van der Waals surface area contributed by atoms with Gasteiger partial charge in [0.05, 0.1) is 11.8 Å². The van der Waals surface area contributed by atoms with E-state index in [0.29, 0.717) is 5.82 Å². The van der Waals surface area contributed by atoms with Crippen molar-refractivity contribution in [1.29, 1.82) is 0 Å². The maximum absolute atomic E-state index is 11.6. The maximum atomic E-state index is 11.6. The quantitative estimate of drug-likeness (QED) is 0.838. The van der Waals surface area contributed by atoms with Gasteiger partial charge in [0.25, 0.3) is 5.91 Å². The summed E-state index contributed by atoms with van der Waals surface area (Å²) in [6.45, 7) is 0. The number of aromatic carboxylic acids is 1. The summed E-state index contributed by atoms with van der Waals surface area (Å²) in [6, 6.07) is 3.05. The molecule has 0 unspecified atom stereocenters. The van der Waals surface area contributed by atoms with Gasteiger partial charge in [0.1, 0.15) is 0 Å². The highest BCUT2D eigenvalue weighted by molar-refractivity contribution is 5.91. The van der Waals surface area contributed by atoms with Crippen molar-refractivity contribution >= 4 is 11.9 Å². The molecule has 8 nitrogen and oxygen atoms in total. The smallest absolute Gasteiger partial charge is 0.338 e. The second kappa shape index (κ2) is 4.84. The molecule has 2 rings (SSSR count). The van der Waals surface area contributed by atoms with Crippen LogP contribution in [0.2, 0.25) is 0 Å². The zero-order valence-electron chi connectivity index (χ0n) is 10.3. The van der Waals surface area contributed by atoms with E-state index in [2.05, 4.69) is 15.3 Å². The summed E-state index contributed by atoms with van der Waals surface area (Å²) in [5.41, 5.74) is 0.259. The predicted molar refractivity (Wildman–Crippen MR) is 64.1 cm³/mol. The molecule has 0 aliphatic rings. The lowest BCUT2D eigenvalue weighted by Crippen LogP contribution is -2.23. The molecule has 1 N–H and O–H groups in total. The van der Waals surface area contributed by atoms with E-state index in [0.717, 1.165) is 0 Å². The Morgan fingerprint density at radius 2 is 2.00 bits per heavy atom. The van der Waals surface area contributed by atoms with E-state index in [1.54, 1.807) is 20.2 Å². The van der Waals surface area contributed by atoms with Crippen LogP contribution >= 0.6 is 0 Å². The number of rotatable bonds is 3. The molecule has 0 aliphatic heterocycles. The SMILES string of the molecule is CN(C)C(=O)c1ccc(-n2cc(C(=O)O)cn2)nn1. The van der Waals surface area contributed by atoms with Gasteiger partial charge >= 0.3 is 5.97 Å². The molecule has 0 bridgehead atoms. The van der Waals surface area contributed by atoms with Gasteiger partial charge < -0.3 is 10.0 Å². The number of carboxylic acid groups (broad SMARTS) is 1. The molecule has 19 heavy (non-hydrogen) atoms. The highest BCUT2D eigenvalue weighted by Gasteiger charge is 2.12. The second-order valence-corrected chi connectivity index (χ2v) is 3.96. The Kier molecular flexibility index (Phi) is 3.23. The lowest BCUT2D eigenvalue weighted by Gasteiger charge is -2.08. The molecule has 0 fully saturated rings. The number of carbonyl (C=O) groups is 2. The van der Waals surface area contributed by atoms with Crippen LogP contribution < -0.4 is 0 Å². The van der Waals surface area contributed by atoms with Crippen molar-refractivity contribution in [2.24, 2.45) is 0 Å². The number of hydrogen-bond acceptors (Lipinski definition) is 5. The van der Waals surface area contributed by atoms with E-state index in [1.165, 1.54) is 28.0 Å². The fraction of sp³-hybridized carbons (Fsp3) is 0.182. The van der Waals surface area contributed by atoms with Crippen LogP contribution in [0.1, 0.15) is 20.8 Å². The third-order valence-corrected chi connectivity index (χ3v) is 2.34. The minimum Gasteiger partial charge on any atom is -0.478 e. The third kappa shape index (κ3) is 2.57. The van der Waals surface area contributed by atoms with Crippen LogP contribution in [0.25, 0.3) is 5.82 Å².